The molecule has 4 nitrogen and oxygen atoms in total. The van der Waals surface area contributed by atoms with Gasteiger partial charge in [-0.1, -0.05) is 6.07 Å². The molecule has 0 saturated carbocycles. The number of nitrogens with zero attached hydrogens (tertiary/aromatic N) is 1. The fourth-order valence-corrected chi connectivity index (χ4v) is 2.16. The molecule has 16 heavy (non-hydrogen) atoms. The molecule has 0 unspecified atom stereocenters. The van der Waals surface area contributed by atoms with E-state index in [1.807, 2.05) is 13.0 Å². The number of carboxylic acid groups (broad SMARTS) is 1. The molecule has 0 radical (unpaired) electrons. The highest BCUT2D eigenvalue weighted by Crippen LogP contribution is 2.35. The van der Waals surface area contributed by atoms with Crippen molar-refractivity contribution < 1.29 is 14.6 Å². The molecular formula is C12H15NO3. The highest BCUT2D eigenvalue weighted by Gasteiger charge is 2.42. The van der Waals surface area contributed by atoms with E-state index in [1.165, 1.54) is 0 Å². The maximum Gasteiger partial charge on any atom is 0.314 e. The minimum atomic E-state index is -0.808. The van der Waals surface area contributed by atoms with Gasteiger partial charge in [-0.25, -0.2) is 0 Å². The Labute approximate surface area is 94.3 Å². The Kier molecular flexibility index (Phi) is 2.92. The van der Waals surface area contributed by atoms with Gasteiger partial charge in [0, 0.05) is 25.6 Å². The van der Waals surface area contributed by atoms with E-state index in [2.05, 4.69) is 4.98 Å². The fourth-order valence-electron chi connectivity index (χ4n) is 2.16. The molecule has 1 aliphatic rings. The molecule has 86 valence electrons. The zero-order chi connectivity index (χ0) is 11.6. The number of aliphatic carboxylic acids is 1. The lowest BCUT2D eigenvalue weighted by Gasteiger charge is -2.33. The lowest BCUT2D eigenvalue weighted by molar-refractivity contribution is -0.147. The summed E-state index contributed by atoms with van der Waals surface area (Å²) in [4.78, 5) is 15.6. The second-order valence-corrected chi connectivity index (χ2v) is 4.25. The molecule has 0 aromatic carbocycles. The topological polar surface area (TPSA) is 59.4 Å². The van der Waals surface area contributed by atoms with Gasteiger partial charge in [0.15, 0.2) is 0 Å². The first-order valence-corrected chi connectivity index (χ1v) is 5.38. The molecule has 0 atom stereocenters. The van der Waals surface area contributed by atoms with Crippen molar-refractivity contribution in [2.45, 2.75) is 25.2 Å². The summed E-state index contributed by atoms with van der Waals surface area (Å²) < 4.78 is 5.24. The van der Waals surface area contributed by atoms with Crippen molar-refractivity contribution in [1.29, 1.82) is 0 Å². The smallest absolute Gasteiger partial charge is 0.314 e. The Bertz CT molecular complexity index is 397. The minimum Gasteiger partial charge on any atom is -0.481 e. The SMILES string of the molecule is Cc1cncc(C2(C(=O)O)CCOCC2)c1. The third kappa shape index (κ3) is 1.80. The molecule has 0 amide bonds. The van der Waals surface area contributed by atoms with Crippen molar-refractivity contribution in [3.05, 3.63) is 29.6 Å². The number of carbonyl (C=O) groups is 1. The van der Waals surface area contributed by atoms with Gasteiger partial charge in [-0.15, -0.1) is 0 Å². The van der Waals surface area contributed by atoms with Crippen molar-refractivity contribution >= 4 is 5.97 Å². The third-order valence-electron chi connectivity index (χ3n) is 3.18. The lowest BCUT2D eigenvalue weighted by atomic mass is 9.74. The van der Waals surface area contributed by atoms with Crippen LogP contribution >= 0.6 is 0 Å². The van der Waals surface area contributed by atoms with E-state index in [1.54, 1.807) is 12.4 Å². The number of pyridine rings is 1. The Morgan fingerprint density at radius 1 is 1.44 bits per heavy atom. The van der Waals surface area contributed by atoms with Crippen LogP contribution in [0.25, 0.3) is 0 Å². The molecule has 2 rings (SSSR count). The molecule has 1 N–H and O–H groups in total. The van der Waals surface area contributed by atoms with Gasteiger partial charge in [0.05, 0.1) is 5.41 Å². The summed E-state index contributed by atoms with van der Waals surface area (Å²) in [7, 11) is 0. The van der Waals surface area contributed by atoms with Crippen molar-refractivity contribution in [3.8, 4) is 0 Å². The van der Waals surface area contributed by atoms with Gasteiger partial charge in [0.2, 0.25) is 0 Å². The van der Waals surface area contributed by atoms with Crippen molar-refractivity contribution in [3.63, 3.8) is 0 Å². The summed E-state index contributed by atoms with van der Waals surface area (Å²) in [6.07, 6.45) is 4.44. The summed E-state index contributed by atoms with van der Waals surface area (Å²) in [5, 5.41) is 9.45. The van der Waals surface area contributed by atoms with Crippen molar-refractivity contribution in [1.82, 2.24) is 4.98 Å². The largest absolute Gasteiger partial charge is 0.481 e. The van der Waals surface area contributed by atoms with E-state index in [0.29, 0.717) is 26.1 Å². The van der Waals surface area contributed by atoms with E-state index >= 15 is 0 Å². The normalized spacial score (nSPS) is 19.3. The van der Waals surface area contributed by atoms with E-state index in [-0.39, 0.29) is 0 Å². The summed E-state index contributed by atoms with van der Waals surface area (Å²) in [6.45, 7) is 2.92. The highest BCUT2D eigenvalue weighted by molar-refractivity contribution is 5.81. The van der Waals surface area contributed by atoms with Crippen LogP contribution in [0.15, 0.2) is 18.5 Å². The van der Waals surface area contributed by atoms with Crippen LogP contribution in [0.3, 0.4) is 0 Å². The van der Waals surface area contributed by atoms with Crippen LogP contribution < -0.4 is 0 Å². The first kappa shape index (κ1) is 11.1. The first-order valence-electron chi connectivity index (χ1n) is 5.38. The molecule has 0 bridgehead atoms. The maximum atomic E-state index is 11.5. The predicted molar refractivity (Wildman–Crippen MR) is 58.3 cm³/mol. The molecular weight excluding hydrogens is 206 g/mol. The van der Waals surface area contributed by atoms with E-state index < -0.39 is 11.4 Å². The minimum absolute atomic E-state index is 0.500. The van der Waals surface area contributed by atoms with Gasteiger partial charge in [0.25, 0.3) is 0 Å². The lowest BCUT2D eigenvalue weighted by Crippen LogP contribution is -2.41. The quantitative estimate of drug-likeness (QED) is 0.822. The summed E-state index contributed by atoms with van der Waals surface area (Å²) >= 11 is 0. The van der Waals surface area contributed by atoms with Crippen molar-refractivity contribution in [2.24, 2.45) is 0 Å². The van der Waals surface area contributed by atoms with Gasteiger partial charge < -0.3 is 9.84 Å². The third-order valence-corrected chi connectivity index (χ3v) is 3.18. The second-order valence-electron chi connectivity index (χ2n) is 4.25. The average molecular weight is 221 g/mol. The van der Waals surface area contributed by atoms with Crippen LogP contribution in [-0.4, -0.2) is 29.3 Å². The van der Waals surface area contributed by atoms with E-state index in [9.17, 15) is 9.90 Å². The molecule has 0 aliphatic carbocycles. The number of rotatable bonds is 2. The zero-order valence-corrected chi connectivity index (χ0v) is 9.27. The molecule has 1 aromatic heterocycles. The number of carboxylic acids is 1. The Morgan fingerprint density at radius 2 is 2.12 bits per heavy atom. The summed E-state index contributed by atoms with van der Waals surface area (Å²) in [5.74, 6) is -0.775. The molecule has 1 saturated heterocycles. The molecule has 1 aromatic rings. The molecule has 1 fully saturated rings. The van der Waals surface area contributed by atoms with Crippen LogP contribution in [0.5, 0.6) is 0 Å². The number of hydrogen-bond acceptors (Lipinski definition) is 3. The van der Waals surface area contributed by atoms with Crippen LogP contribution in [-0.2, 0) is 14.9 Å². The first-order chi connectivity index (χ1) is 7.65. The zero-order valence-electron chi connectivity index (χ0n) is 9.27. The average Bonchev–Trinajstić information content (AvgIpc) is 2.30. The van der Waals surface area contributed by atoms with Crippen LogP contribution in [0, 0.1) is 6.92 Å². The van der Waals surface area contributed by atoms with Crippen LogP contribution in [0.4, 0.5) is 0 Å². The number of ether oxygens (including phenoxy) is 1. The molecule has 0 spiro atoms. The summed E-state index contributed by atoms with van der Waals surface area (Å²) in [5.41, 5.74) is 0.977. The Balaban J connectivity index is 2.42. The second kappa shape index (κ2) is 4.22. The van der Waals surface area contributed by atoms with E-state index in [0.717, 1.165) is 11.1 Å². The molecule has 4 heteroatoms. The Morgan fingerprint density at radius 3 is 2.69 bits per heavy atom. The van der Waals surface area contributed by atoms with E-state index in [4.69, 9.17) is 4.74 Å². The molecule has 2 heterocycles. The predicted octanol–water partition coefficient (Wildman–Crippen LogP) is 1.52. The number of aromatic nitrogens is 1. The highest BCUT2D eigenvalue weighted by atomic mass is 16.5. The maximum absolute atomic E-state index is 11.5. The van der Waals surface area contributed by atoms with Crippen LogP contribution in [0.1, 0.15) is 24.0 Å². The molecule has 1 aliphatic heterocycles. The van der Waals surface area contributed by atoms with Gasteiger partial charge in [-0.2, -0.15) is 0 Å². The Hall–Kier alpha value is -1.42. The van der Waals surface area contributed by atoms with Gasteiger partial charge in [-0.3, -0.25) is 9.78 Å². The number of hydrogen-bond donors (Lipinski definition) is 1. The standard InChI is InChI=1S/C12H15NO3/c1-9-6-10(8-13-7-9)12(11(14)15)2-4-16-5-3-12/h6-8H,2-5H2,1H3,(H,14,15). The number of aryl methyl sites for hydroxylation is 1. The van der Waals surface area contributed by atoms with Crippen LogP contribution in [0.2, 0.25) is 0 Å². The monoisotopic (exact) mass is 221 g/mol. The fraction of sp³-hybridized carbons (Fsp3) is 0.500. The van der Waals surface area contributed by atoms with Crippen molar-refractivity contribution in [2.75, 3.05) is 13.2 Å². The van der Waals surface area contributed by atoms with Gasteiger partial charge >= 0.3 is 5.97 Å². The van der Waals surface area contributed by atoms with Gasteiger partial charge in [0.1, 0.15) is 0 Å². The van der Waals surface area contributed by atoms with Gasteiger partial charge in [-0.05, 0) is 30.9 Å². The summed E-state index contributed by atoms with van der Waals surface area (Å²) in [6, 6.07) is 1.91.